The van der Waals surface area contributed by atoms with Crippen molar-refractivity contribution in [3.05, 3.63) is 29.3 Å². The van der Waals surface area contributed by atoms with E-state index >= 15 is 0 Å². The SMILES string of the molecule is CCCC(C)c1cccc(C(C)CCC)c1NC(=S)NC(C)(C)C. The molecule has 24 heavy (non-hydrogen) atoms. The zero-order valence-electron chi connectivity index (χ0n) is 16.6. The quantitative estimate of drug-likeness (QED) is 0.544. The van der Waals surface area contributed by atoms with E-state index in [-0.39, 0.29) is 5.54 Å². The van der Waals surface area contributed by atoms with Crippen LogP contribution in [0.5, 0.6) is 0 Å². The first-order valence-electron chi connectivity index (χ1n) is 9.41. The highest BCUT2D eigenvalue weighted by molar-refractivity contribution is 7.80. The Morgan fingerprint density at radius 3 is 1.83 bits per heavy atom. The molecule has 136 valence electrons. The summed E-state index contributed by atoms with van der Waals surface area (Å²) in [4.78, 5) is 0. The van der Waals surface area contributed by atoms with Gasteiger partial charge in [-0.15, -0.1) is 0 Å². The first-order chi connectivity index (χ1) is 11.2. The maximum Gasteiger partial charge on any atom is 0.171 e. The minimum absolute atomic E-state index is 0.0384. The first kappa shape index (κ1) is 21.0. The van der Waals surface area contributed by atoms with Crippen LogP contribution < -0.4 is 10.6 Å². The van der Waals surface area contributed by atoms with Gasteiger partial charge < -0.3 is 10.6 Å². The lowest BCUT2D eigenvalue weighted by Gasteiger charge is -2.27. The van der Waals surface area contributed by atoms with Crippen LogP contribution in [0.25, 0.3) is 0 Å². The summed E-state index contributed by atoms with van der Waals surface area (Å²) in [5.41, 5.74) is 3.95. The monoisotopic (exact) mass is 348 g/mol. The molecule has 0 amide bonds. The molecule has 0 spiro atoms. The molecule has 0 saturated heterocycles. The van der Waals surface area contributed by atoms with Crippen molar-refractivity contribution in [2.24, 2.45) is 0 Å². The van der Waals surface area contributed by atoms with E-state index in [1.165, 1.54) is 42.5 Å². The summed E-state index contributed by atoms with van der Waals surface area (Å²) in [6.45, 7) is 15.5. The second kappa shape index (κ2) is 9.41. The minimum Gasteiger partial charge on any atom is -0.358 e. The number of hydrogen-bond acceptors (Lipinski definition) is 1. The van der Waals surface area contributed by atoms with Crippen molar-refractivity contribution in [2.75, 3.05) is 5.32 Å². The van der Waals surface area contributed by atoms with Gasteiger partial charge in [0.1, 0.15) is 0 Å². The summed E-state index contributed by atoms with van der Waals surface area (Å²) in [6.07, 6.45) is 4.78. The van der Waals surface area contributed by atoms with Gasteiger partial charge in [0, 0.05) is 11.2 Å². The summed E-state index contributed by atoms with van der Waals surface area (Å²) >= 11 is 5.58. The van der Waals surface area contributed by atoms with Gasteiger partial charge in [-0.25, -0.2) is 0 Å². The van der Waals surface area contributed by atoms with Crippen molar-refractivity contribution in [3.8, 4) is 0 Å². The second-order valence-corrected chi connectivity index (χ2v) is 8.43. The highest BCUT2D eigenvalue weighted by atomic mass is 32.1. The summed E-state index contributed by atoms with van der Waals surface area (Å²) < 4.78 is 0. The van der Waals surface area contributed by atoms with Gasteiger partial charge >= 0.3 is 0 Å². The van der Waals surface area contributed by atoms with E-state index in [0.717, 1.165) is 0 Å². The van der Waals surface area contributed by atoms with Crippen molar-refractivity contribution >= 4 is 23.0 Å². The van der Waals surface area contributed by atoms with E-state index in [2.05, 4.69) is 77.3 Å². The number of thiocarbonyl (C=S) groups is 1. The van der Waals surface area contributed by atoms with Gasteiger partial charge in [0.25, 0.3) is 0 Å². The van der Waals surface area contributed by atoms with Crippen LogP contribution in [-0.2, 0) is 0 Å². The number of benzene rings is 1. The Hall–Kier alpha value is -1.09. The van der Waals surface area contributed by atoms with Gasteiger partial charge in [0.15, 0.2) is 5.11 Å². The molecule has 1 aromatic carbocycles. The first-order valence-corrected chi connectivity index (χ1v) is 9.82. The maximum atomic E-state index is 5.58. The van der Waals surface area contributed by atoms with Crippen molar-refractivity contribution < 1.29 is 0 Å². The van der Waals surface area contributed by atoms with Gasteiger partial charge in [0.2, 0.25) is 0 Å². The number of hydrogen-bond donors (Lipinski definition) is 2. The molecule has 0 radical (unpaired) electrons. The smallest absolute Gasteiger partial charge is 0.171 e. The molecule has 2 atom stereocenters. The fourth-order valence-electron chi connectivity index (χ4n) is 3.22. The van der Waals surface area contributed by atoms with Crippen LogP contribution in [0.4, 0.5) is 5.69 Å². The molecule has 1 aromatic rings. The van der Waals surface area contributed by atoms with E-state index < -0.39 is 0 Å². The van der Waals surface area contributed by atoms with Crippen molar-refractivity contribution in [3.63, 3.8) is 0 Å². The number of rotatable bonds is 7. The van der Waals surface area contributed by atoms with E-state index in [4.69, 9.17) is 12.2 Å². The highest BCUT2D eigenvalue weighted by Crippen LogP contribution is 2.36. The molecule has 0 fully saturated rings. The molecule has 2 nitrogen and oxygen atoms in total. The Balaban J connectivity index is 3.21. The minimum atomic E-state index is -0.0384. The van der Waals surface area contributed by atoms with Crippen LogP contribution in [0.15, 0.2) is 18.2 Å². The topological polar surface area (TPSA) is 24.1 Å². The van der Waals surface area contributed by atoms with E-state index in [1.807, 2.05) is 0 Å². The van der Waals surface area contributed by atoms with Gasteiger partial charge in [-0.05, 0) is 68.8 Å². The lowest BCUT2D eigenvalue weighted by Crippen LogP contribution is -2.43. The van der Waals surface area contributed by atoms with E-state index in [0.29, 0.717) is 16.9 Å². The number of para-hydroxylation sites is 1. The van der Waals surface area contributed by atoms with Crippen LogP contribution in [0.3, 0.4) is 0 Å². The van der Waals surface area contributed by atoms with Crippen molar-refractivity contribution in [2.45, 2.75) is 91.5 Å². The highest BCUT2D eigenvalue weighted by Gasteiger charge is 2.19. The Morgan fingerprint density at radius 2 is 1.46 bits per heavy atom. The van der Waals surface area contributed by atoms with Crippen molar-refractivity contribution in [1.29, 1.82) is 0 Å². The molecule has 0 heterocycles. The third-order valence-electron chi connectivity index (χ3n) is 4.36. The van der Waals surface area contributed by atoms with Gasteiger partial charge in [0.05, 0.1) is 0 Å². The second-order valence-electron chi connectivity index (χ2n) is 8.02. The summed E-state index contributed by atoms with van der Waals surface area (Å²) in [5, 5.41) is 7.63. The molecule has 1 rings (SSSR count). The Morgan fingerprint density at radius 1 is 1.00 bits per heavy atom. The van der Waals surface area contributed by atoms with Crippen LogP contribution >= 0.6 is 12.2 Å². The summed E-state index contributed by atoms with van der Waals surface area (Å²) in [5.74, 6) is 1.06. The van der Waals surface area contributed by atoms with E-state index in [9.17, 15) is 0 Å². The lowest BCUT2D eigenvalue weighted by molar-refractivity contribution is 0.514. The predicted octanol–water partition coefficient (Wildman–Crippen LogP) is 6.58. The molecular formula is C21H36N2S. The molecule has 0 aliphatic rings. The van der Waals surface area contributed by atoms with Gasteiger partial charge in [-0.1, -0.05) is 58.7 Å². The molecule has 0 aliphatic carbocycles. The third kappa shape index (κ3) is 6.43. The Labute approximate surface area is 154 Å². The molecule has 0 aromatic heterocycles. The summed E-state index contributed by atoms with van der Waals surface area (Å²) in [7, 11) is 0. The largest absolute Gasteiger partial charge is 0.358 e. The molecule has 0 saturated carbocycles. The van der Waals surface area contributed by atoms with Gasteiger partial charge in [-0.2, -0.15) is 0 Å². The average Bonchev–Trinajstić information content (AvgIpc) is 2.45. The fraction of sp³-hybridized carbons (Fsp3) is 0.667. The maximum absolute atomic E-state index is 5.58. The van der Waals surface area contributed by atoms with Crippen molar-refractivity contribution in [1.82, 2.24) is 5.32 Å². The van der Waals surface area contributed by atoms with Crippen LogP contribution in [0.2, 0.25) is 0 Å². The molecule has 2 unspecified atom stereocenters. The molecule has 3 heteroatoms. The Kier molecular flexibility index (Phi) is 8.21. The van der Waals surface area contributed by atoms with Crippen LogP contribution in [0.1, 0.15) is 97.1 Å². The number of anilines is 1. The standard InChI is InChI=1S/C21H36N2S/c1-8-11-15(3)17-13-10-14-18(16(4)12-9-2)19(17)22-20(24)23-21(5,6)7/h10,13-16H,8-9,11-12H2,1-7H3,(H2,22,23,24). The molecular weight excluding hydrogens is 312 g/mol. The van der Waals surface area contributed by atoms with Crippen LogP contribution in [0, 0.1) is 0 Å². The Bertz CT molecular complexity index is 501. The summed E-state index contributed by atoms with van der Waals surface area (Å²) in [6, 6.07) is 6.71. The molecule has 2 N–H and O–H groups in total. The lowest BCUT2D eigenvalue weighted by atomic mass is 9.87. The van der Waals surface area contributed by atoms with E-state index in [1.54, 1.807) is 0 Å². The molecule has 0 bridgehead atoms. The third-order valence-corrected chi connectivity index (χ3v) is 4.57. The van der Waals surface area contributed by atoms with Crippen LogP contribution in [-0.4, -0.2) is 10.7 Å². The zero-order valence-corrected chi connectivity index (χ0v) is 17.4. The normalized spacial score (nSPS) is 14.1. The number of nitrogens with one attached hydrogen (secondary N) is 2. The zero-order chi connectivity index (χ0) is 18.3. The molecule has 0 aliphatic heterocycles. The average molecular weight is 349 g/mol. The fourth-order valence-corrected chi connectivity index (χ4v) is 3.63. The predicted molar refractivity (Wildman–Crippen MR) is 112 cm³/mol. The van der Waals surface area contributed by atoms with Gasteiger partial charge in [-0.3, -0.25) is 0 Å².